The summed E-state index contributed by atoms with van der Waals surface area (Å²) in [7, 11) is 1.39. The molecule has 0 aliphatic carbocycles. The van der Waals surface area contributed by atoms with Crippen LogP contribution >= 0.6 is 11.3 Å². The van der Waals surface area contributed by atoms with Crippen molar-refractivity contribution in [1.82, 2.24) is 10.2 Å². The third-order valence-electron chi connectivity index (χ3n) is 2.38. The highest BCUT2D eigenvalue weighted by Crippen LogP contribution is 2.33. The lowest BCUT2D eigenvalue weighted by atomic mass is 10.1. The van der Waals surface area contributed by atoms with Crippen molar-refractivity contribution >= 4 is 17.3 Å². The summed E-state index contributed by atoms with van der Waals surface area (Å²) < 4.78 is 4.70. The Morgan fingerprint density at radius 3 is 2.81 bits per heavy atom. The minimum Gasteiger partial charge on any atom is -0.465 e. The number of hydrogen-bond donors (Lipinski definition) is 1. The average molecular weight is 236 g/mol. The average Bonchev–Trinajstić information content (AvgIpc) is 2.83. The summed E-state index contributed by atoms with van der Waals surface area (Å²) in [5.41, 5.74) is 3.04. The van der Waals surface area contributed by atoms with Crippen LogP contribution in [0.1, 0.15) is 20.9 Å². The van der Waals surface area contributed by atoms with E-state index in [0.717, 1.165) is 21.7 Å². The number of ether oxygens (including phenoxy) is 1. The molecule has 2 aromatic heterocycles. The quantitative estimate of drug-likeness (QED) is 0.815. The molecule has 2 aromatic rings. The smallest absolute Gasteiger partial charge is 0.348 e. The van der Waals surface area contributed by atoms with Gasteiger partial charge in [0, 0.05) is 16.6 Å². The van der Waals surface area contributed by atoms with Crippen LogP contribution in [0.2, 0.25) is 0 Å². The Bertz CT molecular complexity index is 528. The molecular formula is C11H12N2O2S. The molecule has 0 fully saturated rings. The summed E-state index contributed by atoms with van der Waals surface area (Å²) in [6.45, 7) is 3.91. The van der Waals surface area contributed by atoms with Crippen molar-refractivity contribution in [3.05, 3.63) is 28.4 Å². The summed E-state index contributed by atoms with van der Waals surface area (Å²) in [5.74, 6) is -0.291. The van der Waals surface area contributed by atoms with Crippen LogP contribution in [0.3, 0.4) is 0 Å². The number of rotatable bonds is 2. The molecule has 0 radical (unpaired) electrons. The minimum absolute atomic E-state index is 0.291. The number of H-pyrrole nitrogens is 1. The van der Waals surface area contributed by atoms with Crippen LogP contribution in [0.25, 0.3) is 10.4 Å². The number of nitrogens with zero attached hydrogens (tertiary/aromatic N) is 1. The maximum atomic E-state index is 11.4. The van der Waals surface area contributed by atoms with E-state index in [1.807, 2.05) is 26.1 Å². The van der Waals surface area contributed by atoms with Crippen LogP contribution in [0.15, 0.2) is 12.3 Å². The van der Waals surface area contributed by atoms with E-state index in [2.05, 4.69) is 10.2 Å². The lowest BCUT2D eigenvalue weighted by molar-refractivity contribution is 0.0606. The van der Waals surface area contributed by atoms with Crippen molar-refractivity contribution in [2.45, 2.75) is 13.8 Å². The molecule has 0 spiro atoms. The van der Waals surface area contributed by atoms with Gasteiger partial charge in [-0.3, -0.25) is 5.10 Å². The van der Waals surface area contributed by atoms with E-state index in [4.69, 9.17) is 4.74 Å². The molecule has 0 aromatic carbocycles. The van der Waals surface area contributed by atoms with E-state index in [1.165, 1.54) is 18.4 Å². The van der Waals surface area contributed by atoms with Crippen molar-refractivity contribution in [3.8, 4) is 10.4 Å². The van der Waals surface area contributed by atoms with Crippen molar-refractivity contribution in [2.24, 2.45) is 0 Å². The van der Waals surface area contributed by atoms with Crippen molar-refractivity contribution in [1.29, 1.82) is 0 Å². The van der Waals surface area contributed by atoms with Gasteiger partial charge in [0.1, 0.15) is 4.88 Å². The van der Waals surface area contributed by atoms with E-state index >= 15 is 0 Å². The highest BCUT2D eigenvalue weighted by atomic mass is 32.1. The fraction of sp³-hybridized carbons (Fsp3) is 0.273. The van der Waals surface area contributed by atoms with E-state index in [1.54, 1.807) is 0 Å². The molecule has 0 saturated carbocycles. The Hall–Kier alpha value is -1.62. The van der Waals surface area contributed by atoms with Crippen LogP contribution in [0.4, 0.5) is 0 Å². The maximum Gasteiger partial charge on any atom is 0.348 e. The number of aromatic nitrogens is 2. The van der Waals surface area contributed by atoms with Crippen LogP contribution in [0.5, 0.6) is 0 Å². The highest BCUT2D eigenvalue weighted by Gasteiger charge is 2.15. The molecule has 0 saturated heterocycles. The van der Waals surface area contributed by atoms with Gasteiger partial charge in [0.05, 0.1) is 12.8 Å². The zero-order valence-electron chi connectivity index (χ0n) is 9.33. The first-order valence-electron chi connectivity index (χ1n) is 4.83. The van der Waals surface area contributed by atoms with Gasteiger partial charge in [-0.05, 0) is 25.5 Å². The molecule has 84 valence electrons. The number of nitrogens with one attached hydrogen (secondary N) is 1. The summed E-state index contributed by atoms with van der Waals surface area (Å²) >= 11 is 1.43. The third-order valence-corrected chi connectivity index (χ3v) is 3.63. The predicted octanol–water partition coefficient (Wildman–Crippen LogP) is 2.54. The molecule has 16 heavy (non-hydrogen) atoms. The topological polar surface area (TPSA) is 55.0 Å². The largest absolute Gasteiger partial charge is 0.465 e. The van der Waals surface area contributed by atoms with Crippen LogP contribution < -0.4 is 0 Å². The number of aromatic amines is 1. The normalized spacial score (nSPS) is 10.4. The number of thiophene rings is 1. The van der Waals surface area contributed by atoms with Crippen LogP contribution in [-0.4, -0.2) is 23.3 Å². The van der Waals surface area contributed by atoms with Gasteiger partial charge in [0.2, 0.25) is 0 Å². The summed E-state index contributed by atoms with van der Waals surface area (Å²) in [5, 5.41) is 6.89. The molecule has 2 rings (SSSR count). The molecular weight excluding hydrogens is 224 g/mol. The number of carbonyl (C=O) groups is 1. The number of carbonyl (C=O) groups excluding carboxylic acids is 1. The monoisotopic (exact) mass is 236 g/mol. The van der Waals surface area contributed by atoms with Gasteiger partial charge in [-0.1, -0.05) is 0 Å². The Balaban J connectivity index is 2.47. The Kier molecular flexibility index (Phi) is 2.78. The standard InChI is InChI=1S/C11H12N2O2S/c1-6-4-9(11(14)15-3)16-10(6)8-5-12-13-7(8)2/h4-5H,1-3H3,(H,12,13). The van der Waals surface area contributed by atoms with E-state index in [9.17, 15) is 4.79 Å². The second-order valence-electron chi connectivity index (χ2n) is 3.50. The van der Waals surface area contributed by atoms with Gasteiger partial charge in [-0.2, -0.15) is 5.10 Å². The van der Waals surface area contributed by atoms with Crippen molar-refractivity contribution in [2.75, 3.05) is 7.11 Å². The van der Waals surface area contributed by atoms with Gasteiger partial charge < -0.3 is 4.74 Å². The number of hydrogen-bond acceptors (Lipinski definition) is 4. The molecule has 0 atom stereocenters. The maximum absolute atomic E-state index is 11.4. The molecule has 0 bridgehead atoms. The van der Waals surface area contributed by atoms with Crippen molar-refractivity contribution in [3.63, 3.8) is 0 Å². The molecule has 1 N–H and O–H groups in total. The first-order valence-corrected chi connectivity index (χ1v) is 5.64. The van der Waals surface area contributed by atoms with Gasteiger partial charge in [-0.15, -0.1) is 11.3 Å². The highest BCUT2D eigenvalue weighted by molar-refractivity contribution is 7.17. The predicted molar refractivity (Wildman–Crippen MR) is 62.7 cm³/mol. The number of aryl methyl sites for hydroxylation is 2. The second-order valence-corrected chi connectivity index (χ2v) is 4.55. The Labute approximate surface area is 97.3 Å². The Morgan fingerprint density at radius 2 is 2.25 bits per heavy atom. The first kappa shape index (κ1) is 10.9. The number of methoxy groups -OCH3 is 1. The van der Waals surface area contributed by atoms with E-state index in [0.29, 0.717) is 4.88 Å². The SMILES string of the molecule is COC(=O)c1cc(C)c(-c2c[nH]nc2C)s1. The summed E-state index contributed by atoms with van der Waals surface area (Å²) in [6.07, 6.45) is 1.84. The van der Waals surface area contributed by atoms with Gasteiger partial charge in [0.15, 0.2) is 0 Å². The number of esters is 1. The second kappa shape index (κ2) is 4.09. The van der Waals surface area contributed by atoms with Crippen LogP contribution in [-0.2, 0) is 4.74 Å². The molecule has 0 aliphatic heterocycles. The van der Waals surface area contributed by atoms with E-state index < -0.39 is 0 Å². The molecule has 2 heterocycles. The van der Waals surface area contributed by atoms with Crippen molar-refractivity contribution < 1.29 is 9.53 Å². The summed E-state index contributed by atoms with van der Waals surface area (Å²) in [4.78, 5) is 13.1. The first-order chi connectivity index (χ1) is 7.63. The van der Waals surface area contributed by atoms with Crippen LogP contribution in [0, 0.1) is 13.8 Å². The molecule has 0 unspecified atom stereocenters. The molecule has 5 heteroatoms. The lowest BCUT2D eigenvalue weighted by Crippen LogP contribution is -1.96. The third kappa shape index (κ3) is 1.74. The fourth-order valence-electron chi connectivity index (χ4n) is 1.54. The zero-order valence-corrected chi connectivity index (χ0v) is 10.1. The molecule has 0 aliphatic rings. The van der Waals surface area contributed by atoms with Gasteiger partial charge in [-0.25, -0.2) is 4.79 Å². The van der Waals surface area contributed by atoms with Gasteiger partial charge >= 0.3 is 5.97 Å². The lowest BCUT2D eigenvalue weighted by Gasteiger charge is -1.95. The van der Waals surface area contributed by atoms with Gasteiger partial charge in [0.25, 0.3) is 0 Å². The molecule has 4 nitrogen and oxygen atoms in total. The fourth-order valence-corrected chi connectivity index (χ4v) is 2.70. The van der Waals surface area contributed by atoms with E-state index in [-0.39, 0.29) is 5.97 Å². The zero-order chi connectivity index (χ0) is 11.7. The minimum atomic E-state index is -0.291. The summed E-state index contributed by atoms with van der Waals surface area (Å²) in [6, 6.07) is 1.85. The molecule has 0 amide bonds. The Morgan fingerprint density at radius 1 is 1.50 bits per heavy atom.